The summed E-state index contributed by atoms with van der Waals surface area (Å²) in [7, 11) is -2.82. The maximum Gasteiger partial charge on any atom is 0.409 e. The first kappa shape index (κ1) is 35.2. The first-order valence-electron chi connectivity index (χ1n) is 14.4. The van der Waals surface area contributed by atoms with Crippen molar-refractivity contribution in [3.05, 3.63) is 105 Å². The summed E-state index contributed by atoms with van der Waals surface area (Å²) in [6, 6.07) is 20.1. The lowest BCUT2D eigenvalue weighted by Crippen LogP contribution is -2.37. The summed E-state index contributed by atoms with van der Waals surface area (Å²) in [4.78, 5) is 18.6. The number of halogens is 1. The molecule has 1 amide bonds. The van der Waals surface area contributed by atoms with E-state index in [2.05, 4.69) is 23.5 Å². The molecule has 3 aromatic rings. The third kappa shape index (κ3) is 10.4. The number of aliphatic hydroxyl groups is 1. The normalized spacial score (nSPS) is 15.7. The van der Waals surface area contributed by atoms with Crippen molar-refractivity contribution in [2.75, 3.05) is 26.7 Å². The Labute approximate surface area is 264 Å². The van der Waals surface area contributed by atoms with Gasteiger partial charge in [-0.05, 0) is 87.0 Å². The fourth-order valence-electron chi connectivity index (χ4n) is 5.15. The summed E-state index contributed by atoms with van der Waals surface area (Å²) in [5.41, 5.74) is 8.42. The molecule has 44 heavy (non-hydrogen) atoms. The fraction of sp³-hybridized carbons (Fsp3) is 0.375. The Hall–Kier alpha value is -3.32. The van der Waals surface area contributed by atoms with Crippen LogP contribution in [0.3, 0.4) is 0 Å². The van der Waals surface area contributed by atoms with E-state index in [-0.39, 0.29) is 12.1 Å². The van der Waals surface area contributed by atoms with Gasteiger partial charge in [0.25, 0.3) is 0 Å². The van der Waals surface area contributed by atoms with E-state index in [1.165, 1.54) is 27.8 Å². The van der Waals surface area contributed by atoms with Crippen LogP contribution >= 0.6 is 11.6 Å². The molecule has 5 rings (SSSR count). The maximum absolute atomic E-state index is 12.0. The van der Waals surface area contributed by atoms with Gasteiger partial charge in [0.05, 0.1) is 18.4 Å². The minimum absolute atomic E-state index is 0.0902. The molecule has 1 aliphatic heterocycles. The predicted molar refractivity (Wildman–Crippen MR) is 171 cm³/mol. The molecule has 12 heteroatoms. The van der Waals surface area contributed by atoms with E-state index < -0.39 is 16.5 Å². The van der Waals surface area contributed by atoms with E-state index in [0.29, 0.717) is 19.7 Å². The number of amides is 1. The standard InChI is InChI=1S/C22H23ClN2O2.C10H15NO.H2O4S/c1-2-27-22(26)25-12-9-15(10-13-25)20-19-8-7-18(23)14-17(19)6-5-16-4-3-11-24-21(16)20;1-8(11-2)10(12)9-6-4-3-5-7-9;1-5(2,3)4/h3-4,7-8,11,14H,2,5-6,9-10,12-13H2,1H3;3-8,10-12H,1-2H3;(H2,1,2,3,4)/t;8-,10+;/m.0./s1. The maximum atomic E-state index is 12.0. The Balaban J connectivity index is 0.000000258. The molecule has 2 aromatic carbocycles. The Bertz CT molecular complexity index is 1520. The number of carbonyl (C=O) groups is 1. The van der Waals surface area contributed by atoms with Gasteiger partial charge in [0.15, 0.2) is 0 Å². The molecule has 10 nitrogen and oxygen atoms in total. The monoisotopic (exact) mass is 645 g/mol. The van der Waals surface area contributed by atoms with Gasteiger partial charge < -0.3 is 20.1 Å². The molecule has 4 N–H and O–H groups in total. The van der Waals surface area contributed by atoms with Gasteiger partial charge in [-0.15, -0.1) is 0 Å². The Morgan fingerprint density at radius 1 is 1.02 bits per heavy atom. The van der Waals surface area contributed by atoms with Crippen LogP contribution in [0.25, 0.3) is 5.57 Å². The van der Waals surface area contributed by atoms with E-state index in [1.807, 2.05) is 69.6 Å². The molecule has 0 unspecified atom stereocenters. The number of likely N-dealkylation sites (tertiary alicyclic amines) is 1. The predicted octanol–water partition coefficient (Wildman–Crippen LogP) is 5.56. The number of likely N-dealkylation sites (N-methyl/N-ethyl adjacent to an activating group) is 1. The SMILES string of the molecule is CCOC(=O)N1CCC(=C2c3ccc(Cl)cc3CCc3cccnc32)CC1.CN[C@@H](C)[C@@H](O)c1ccccc1.O=S(=O)(O)O. The minimum atomic E-state index is -4.67. The van der Waals surface area contributed by atoms with E-state index in [0.717, 1.165) is 42.0 Å². The summed E-state index contributed by atoms with van der Waals surface area (Å²) in [5.74, 6) is 0. The van der Waals surface area contributed by atoms with Gasteiger partial charge in [-0.3, -0.25) is 14.1 Å². The third-order valence-corrected chi connectivity index (χ3v) is 7.68. The Morgan fingerprint density at radius 2 is 1.66 bits per heavy atom. The number of piperidine rings is 1. The van der Waals surface area contributed by atoms with Crippen molar-refractivity contribution < 1.29 is 32.2 Å². The summed E-state index contributed by atoms with van der Waals surface area (Å²) in [5, 5.41) is 13.5. The number of benzene rings is 2. The zero-order chi connectivity index (χ0) is 32.3. The number of pyridine rings is 1. The third-order valence-electron chi connectivity index (χ3n) is 7.44. The van der Waals surface area contributed by atoms with Crippen LogP contribution in [-0.2, 0) is 28.0 Å². The van der Waals surface area contributed by atoms with Crippen molar-refractivity contribution in [3.63, 3.8) is 0 Å². The number of nitrogens with one attached hydrogen (secondary N) is 1. The number of nitrogens with zero attached hydrogens (tertiary/aromatic N) is 2. The number of rotatable bonds is 4. The first-order valence-corrected chi connectivity index (χ1v) is 16.2. The summed E-state index contributed by atoms with van der Waals surface area (Å²) in [6.07, 6.45) is 4.83. The molecule has 0 saturated carbocycles. The van der Waals surface area contributed by atoms with Crippen LogP contribution in [0, 0.1) is 0 Å². The number of ether oxygens (including phenoxy) is 1. The van der Waals surface area contributed by atoms with Gasteiger partial charge in [0.1, 0.15) is 0 Å². The smallest absolute Gasteiger partial charge is 0.409 e. The van der Waals surface area contributed by atoms with Crippen LogP contribution in [-0.4, -0.2) is 71.4 Å². The van der Waals surface area contributed by atoms with Crippen LogP contribution in [0.1, 0.15) is 60.7 Å². The molecule has 0 spiro atoms. The van der Waals surface area contributed by atoms with Gasteiger partial charge in [-0.2, -0.15) is 8.42 Å². The number of aliphatic hydroxyl groups excluding tert-OH is 1. The highest BCUT2D eigenvalue weighted by molar-refractivity contribution is 7.79. The summed E-state index contributed by atoms with van der Waals surface area (Å²) >= 11 is 6.27. The highest BCUT2D eigenvalue weighted by Gasteiger charge is 2.27. The van der Waals surface area contributed by atoms with Gasteiger partial charge in [-0.25, -0.2) is 4.79 Å². The Kier molecular flexibility index (Phi) is 13.3. The van der Waals surface area contributed by atoms with Crippen molar-refractivity contribution in [3.8, 4) is 0 Å². The molecule has 1 aromatic heterocycles. The van der Waals surface area contributed by atoms with Crippen LogP contribution in [0.5, 0.6) is 0 Å². The second kappa shape index (κ2) is 16.7. The van der Waals surface area contributed by atoms with Crippen LogP contribution < -0.4 is 5.32 Å². The van der Waals surface area contributed by atoms with Crippen LogP contribution in [0.15, 0.2) is 72.4 Å². The molecule has 2 atom stereocenters. The second-order valence-electron chi connectivity index (χ2n) is 10.4. The molecule has 0 radical (unpaired) electrons. The lowest BCUT2D eigenvalue weighted by Gasteiger charge is -2.29. The largest absolute Gasteiger partial charge is 0.450 e. The number of hydrogen-bond donors (Lipinski definition) is 4. The molecule has 1 aliphatic carbocycles. The van der Waals surface area contributed by atoms with Crippen molar-refractivity contribution in [1.29, 1.82) is 0 Å². The average Bonchev–Trinajstić information content (AvgIpc) is 3.17. The number of fused-ring (bicyclic) bond motifs is 2. The van der Waals surface area contributed by atoms with E-state index in [1.54, 1.807) is 4.90 Å². The molecule has 1 fully saturated rings. The number of hydrogen-bond acceptors (Lipinski definition) is 7. The molecule has 0 bridgehead atoms. The zero-order valence-corrected chi connectivity index (χ0v) is 26.7. The fourth-order valence-corrected chi connectivity index (χ4v) is 5.35. The Morgan fingerprint density at radius 3 is 2.27 bits per heavy atom. The minimum Gasteiger partial charge on any atom is -0.450 e. The quantitative estimate of drug-likeness (QED) is 0.267. The lowest BCUT2D eigenvalue weighted by atomic mass is 9.88. The van der Waals surface area contributed by atoms with Crippen molar-refractivity contribution >= 4 is 33.7 Å². The molecular formula is C32H40ClN3O7S. The van der Waals surface area contributed by atoms with Gasteiger partial charge in [-0.1, -0.05) is 59.6 Å². The van der Waals surface area contributed by atoms with Gasteiger partial charge in [0.2, 0.25) is 0 Å². The summed E-state index contributed by atoms with van der Waals surface area (Å²) < 4.78 is 36.7. The van der Waals surface area contributed by atoms with Crippen molar-refractivity contribution in [2.45, 2.75) is 51.7 Å². The van der Waals surface area contributed by atoms with Crippen molar-refractivity contribution in [1.82, 2.24) is 15.2 Å². The van der Waals surface area contributed by atoms with Gasteiger partial charge >= 0.3 is 16.5 Å². The topological polar surface area (TPSA) is 149 Å². The number of carbonyl (C=O) groups excluding carboxylic acids is 1. The molecule has 1 saturated heterocycles. The molecule has 2 heterocycles. The zero-order valence-electron chi connectivity index (χ0n) is 25.1. The lowest BCUT2D eigenvalue weighted by molar-refractivity contribution is 0.104. The average molecular weight is 646 g/mol. The van der Waals surface area contributed by atoms with Crippen LogP contribution in [0.2, 0.25) is 5.02 Å². The first-order chi connectivity index (χ1) is 20.9. The molecular weight excluding hydrogens is 606 g/mol. The van der Waals surface area contributed by atoms with Crippen LogP contribution in [0.4, 0.5) is 4.79 Å². The van der Waals surface area contributed by atoms with Gasteiger partial charge in [0, 0.05) is 35.9 Å². The number of aryl methyl sites for hydroxylation is 2. The van der Waals surface area contributed by atoms with E-state index >= 15 is 0 Å². The second-order valence-corrected chi connectivity index (χ2v) is 11.7. The highest BCUT2D eigenvalue weighted by atomic mass is 35.5. The van der Waals surface area contributed by atoms with Crippen molar-refractivity contribution in [2.24, 2.45) is 0 Å². The molecule has 2 aliphatic rings. The highest BCUT2D eigenvalue weighted by Crippen LogP contribution is 2.38. The number of aromatic nitrogens is 1. The summed E-state index contributed by atoms with van der Waals surface area (Å²) in [6.45, 7) is 5.57. The van der Waals surface area contributed by atoms with E-state index in [4.69, 9.17) is 38.8 Å². The molecule has 238 valence electrons. The van der Waals surface area contributed by atoms with E-state index in [9.17, 15) is 9.90 Å².